The summed E-state index contributed by atoms with van der Waals surface area (Å²) in [6.45, 7) is 6.68. The minimum Gasteiger partial charge on any atom is -0.507 e. The van der Waals surface area contributed by atoms with E-state index in [1.165, 1.54) is 0 Å². The van der Waals surface area contributed by atoms with Crippen molar-refractivity contribution in [3.8, 4) is 5.75 Å². The van der Waals surface area contributed by atoms with Crippen molar-refractivity contribution in [3.63, 3.8) is 0 Å². The van der Waals surface area contributed by atoms with E-state index in [0.717, 1.165) is 36.3 Å². The number of benzene rings is 3. The lowest BCUT2D eigenvalue weighted by atomic mass is 9.95. The molecule has 2 fully saturated rings. The second-order valence-electron chi connectivity index (χ2n) is 10.0. The van der Waals surface area contributed by atoms with Gasteiger partial charge in [0, 0.05) is 31.7 Å². The zero-order valence-electron chi connectivity index (χ0n) is 22.2. The fraction of sp³-hybridized carbons (Fsp3) is 0.312. The smallest absolute Gasteiger partial charge is 0.295 e. The van der Waals surface area contributed by atoms with Crippen molar-refractivity contribution in [1.29, 1.82) is 0 Å². The van der Waals surface area contributed by atoms with Gasteiger partial charge in [-0.15, -0.1) is 0 Å². The number of carbonyl (C=O) groups is 2. The number of hydrogen-bond acceptors (Lipinski definition) is 6. The monoisotopic (exact) mass is 526 g/mol. The van der Waals surface area contributed by atoms with Crippen LogP contribution in [0, 0.1) is 6.92 Å². The Bertz CT molecular complexity index is 1330. The van der Waals surface area contributed by atoms with Gasteiger partial charge in [0.05, 0.1) is 24.8 Å². The van der Waals surface area contributed by atoms with Gasteiger partial charge in [0.1, 0.15) is 18.1 Å². The number of likely N-dealkylation sites (tertiary alicyclic amines) is 1. The molecule has 2 aliphatic heterocycles. The number of rotatable bonds is 9. The second-order valence-corrected chi connectivity index (χ2v) is 10.0. The largest absolute Gasteiger partial charge is 0.507 e. The Hall–Kier alpha value is -3.94. The number of carbonyl (C=O) groups excluding carboxylic acids is 2. The number of ketones is 1. The molecule has 0 bridgehead atoms. The molecule has 7 heteroatoms. The van der Waals surface area contributed by atoms with Gasteiger partial charge in [0.15, 0.2) is 0 Å². The molecule has 5 rings (SSSR count). The van der Waals surface area contributed by atoms with Gasteiger partial charge in [-0.25, -0.2) is 0 Å². The Morgan fingerprint density at radius 1 is 0.949 bits per heavy atom. The Labute approximate surface area is 229 Å². The molecule has 0 saturated carbocycles. The van der Waals surface area contributed by atoms with Gasteiger partial charge in [-0.05, 0) is 36.6 Å². The van der Waals surface area contributed by atoms with E-state index in [1.807, 2.05) is 73.7 Å². The van der Waals surface area contributed by atoms with Gasteiger partial charge < -0.3 is 19.5 Å². The van der Waals surface area contributed by atoms with E-state index in [0.29, 0.717) is 44.1 Å². The molecule has 3 aromatic carbocycles. The highest BCUT2D eigenvalue weighted by Crippen LogP contribution is 2.40. The molecule has 39 heavy (non-hydrogen) atoms. The molecular formula is C32H34N2O5. The summed E-state index contributed by atoms with van der Waals surface area (Å²) >= 11 is 0. The van der Waals surface area contributed by atoms with E-state index in [1.54, 1.807) is 17.0 Å². The molecule has 0 spiro atoms. The lowest BCUT2D eigenvalue weighted by Gasteiger charge is -2.29. The number of Topliss-reactive ketones (excluding diaryl/α,β-unsaturated/α-hetero) is 1. The molecule has 2 heterocycles. The molecule has 0 aliphatic carbocycles. The van der Waals surface area contributed by atoms with Crippen LogP contribution in [0.4, 0.5) is 0 Å². The lowest BCUT2D eigenvalue weighted by Crippen LogP contribution is -2.38. The predicted octanol–water partition coefficient (Wildman–Crippen LogP) is 4.72. The minimum atomic E-state index is -0.712. The highest BCUT2D eigenvalue weighted by molar-refractivity contribution is 6.46. The van der Waals surface area contributed by atoms with Crippen LogP contribution in [0.15, 0.2) is 84.4 Å². The third kappa shape index (κ3) is 6.21. The molecule has 2 saturated heterocycles. The normalized spacial score (nSPS) is 19.4. The van der Waals surface area contributed by atoms with Crippen LogP contribution in [0.3, 0.4) is 0 Å². The molecule has 7 nitrogen and oxygen atoms in total. The molecule has 1 amide bonds. The van der Waals surface area contributed by atoms with Crippen LogP contribution in [0.1, 0.15) is 34.7 Å². The number of ether oxygens (including phenoxy) is 2. The molecule has 1 unspecified atom stereocenters. The van der Waals surface area contributed by atoms with E-state index in [2.05, 4.69) is 4.90 Å². The average Bonchev–Trinajstić information content (AvgIpc) is 3.22. The number of aryl methyl sites for hydroxylation is 1. The molecular weight excluding hydrogens is 492 g/mol. The maximum atomic E-state index is 13.4. The Kier molecular flexibility index (Phi) is 8.39. The summed E-state index contributed by atoms with van der Waals surface area (Å²) in [5.74, 6) is -0.790. The second kappa shape index (κ2) is 12.3. The van der Waals surface area contributed by atoms with Gasteiger partial charge in [-0.2, -0.15) is 0 Å². The third-order valence-electron chi connectivity index (χ3n) is 7.26. The third-order valence-corrected chi connectivity index (χ3v) is 7.26. The van der Waals surface area contributed by atoms with Crippen molar-refractivity contribution < 1.29 is 24.2 Å². The molecule has 1 atom stereocenters. The highest BCUT2D eigenvalue weighted by atomic mass is 16.5. The van der Waals surface area contributed by atoms with Crippen LogP contribution in [0.5, 0.6) is 5.75 Å². The summed E-state index contributed by atoms with van der Waals surface area (Å²) in [6.07, 6.45) is 0.707. The first kappa shape index (κ1) is 26.7. The maximum Gasteiger partial charge on any atom is 0.295 e. The van der Waals surface area contributed by atoms with Crippen molar-refractivity contribution in [2.75, 3.05) is 39.4 Å². The van der Waals surface area contributed by atoms with Gasteiger partial charge in [0.25, 0.3) is 11.7 Å². The molecule has 3 aromatic rings. The number of aliphatic hydroxyl groups excluding tert-OH is 1. The molecule has 1 N–H and O–H groups in total. The van der Waals surface area contributed by atoms with Gasteiger partial charge in [-0.3, -0.25) is 14.5 Å². The van der Waals surface area contributed by atoms with E-state index in [9.17, 15) is 14.7 Å². The SMILES string of the molecule is Cc1ccc(/C(O)=C2\C(=O)C(=O)N(CCCN3CCOCC3)C2c2cccc(OCc3ccccc3)c2)cc1. The number of amides is 1. The fourth-order valence-electron chi connectivity index (χ4n) is 5.13. The topological polar surface area (TPSA) is 79.3 Å². The predicted molar refractivity (Wildman–Crippen MR) is 149 cm³/mol. The number of morpholine rings is 1. The number of nitrogens with zero attached hydrogens (tertiary/aromatic N) is 2. The van der Waals surface area contributed by atoms with Crippen LogP contribution in [0.25, 0.3) is 5.76 Å². The van der Waals surface area contributed by atoms with E-state index >= 15 is 0 Å². The summed E-state index contributed by atoms with van der Waals surface area (Å²) < 4.78 is 11.5. The van der Waals surface area contributed by atoms with Crippen molar-refractivity contribution in [2.45, 2.75) is 26.0 Å². The van der Waals surface area contributed by atoms with Crippen LogP contribution >= 0.6 is 0 Å². The Morgan fingerprint density at radius 2 is 1.69 bits per heavy atom. The Morgan fingerprint density at radius 3 is 2.44 bits per heavy atom. The first-order valence-corrected chi connectivity index (χ1v) is 13.4. The highest BCUT2D eigenvalue weighted by Gasteiger charge is 2.46. The zero-order valence-corrected chi connectivity index (χ0v) is 22.2. The quantitative estimate of drug-likeness (QED) is 0.247. The van der Waals surface area contributed by atoms with Crippen LogP contribution in [-0.4, -0.2) is 66.0 Å². The zero-order chi connectivity index (χ0) is 27.2. The summed E-state index contributed by atoms with van der Waals surface area (Å²) in [7, 11) is 0. The fourth-order valence-corrected chi connectivity index (χ4v) is 5.13. The summed E-state index contributed by atoms with van der Waals surface area (Å²) in [5.41, 5.74) is 3.41. The van der Waals surface area contributed by atoms with E-state index < -0.39 is 17.7 Å². The lowest BCUT2D eigenvalue weighted by molar-refractivity contribution is -0.140. The molecule has 0 aromatic heterocycles. The van der Waals surface area contributed by atoms with Crippen molar-refractivity contribution in [1.82, 2.24) is 9.80 Å². The standard InChI is InChI=1S/C32H34N2O5/c1-23-11-13-25(14-12-23)30(35)28-29(26-9-5-10-27(21-26)39-22-24-7-3-2-4-8-24)34(32(37)31(28)36)16-6-15-33-17-19-38-20-18-33/h2-5,7-14,21,29,35H,6,15-20,22H2,1H3/b30-28+. The van der Waals surface area contributed by atoms with Crippen molar-refractivity contribution in [3.05, 3.63) is 107 Å². The van der Waals surface area contributed by atoms with E-state index in [4.69, 9.17) is 9.47 Å². The Balaban J connectivity index is 1.45. The van der Waals surface area contributed by atoms with Crippen molar-refractivity contribution >= 4 is 17.4 Å². The van der Waals surface area contributed by atoms with Gasteiger partial charge in [0.2, 0.25) is 0 Å². The number of hydrogen-bond donors (Lipinski definition) is 1. The number of aliphatic hydroxyl groups is 1. The molecule has 202 valence electrons. The summed E-state index contributed by atoms with van der Waals surface area (Å²) in [6, 6.07) is 23.9. The van der Waals surface area contributed by atoms with Crippen molar-refractivity contribution in [2.24, 2.45) is 0 Å². The minimum absolute atomic E-state index is 0.107. The molecule has 2 aliphatic rings. The summed E-state index contributed by atoms with van der Waals surface area (Å²) in [4.78, 5) is 30.6. The van der Waals surface area contributed by atoms with E-state index in [-0.39, 0.29) is 11.3 Å². The maximum absolute atomic E-state index is 13.4. The first-order chi connectivity index (χ1) is 19.0. The van der Waals surface area contributed by atoms with Gasteiger partial charge >= 0.3 is 0 Å². The summed E-state index contributed by atoms with van der Waals surface area (Å²) in [5, 5.41) is 11.3. The first-order valence-electron chi connectivity index (χ1n) is 13.4. The van der Waals surface area contributed by atoms with Gasteiger partial charge in [-0.1, -0.05) is 72.3 Å². The van der Waals surface area contributed by atoms with Crippen LogP contribution < -0.4 is 4.74 Å². The van der Waals surface area contributed by atoms with Crippen LogP contribution in [-0.2, 0) is 20.9 Å². The average molecular weight is 527 g/mol. The molecule has 0 radical (unpaired) electrons. The van der Waals surface area contributed by atoms with Crippen LogP contribution in [0.2, 0.25) is 0 Å².